The zero-order valence-electron chi connectivity index (χ0n) is 14.7. The molecule has 0 aliphatic carbocycles. The molecule has 0 aliphatic heterocycles. The van der Waals surface area contributed by atoms with E-state index in [1.54, 1.807) is 0 Å². The molecule has 0 saturated heterocycles. The lowest BCUT2D eigenvalue weighted by atomic mass is 9.94. The minimum atomic E-state index is -0.341. The molecular formula is C19H31NO2. The molecule has 1 rings (SSSR count). The number of nitrogens with one attached hydrogen (secondary N) is 1. The largest absolute Gasteiger partial charge is 0.412 e. The van der Waals surface area contributed by atoms with Crippen molar-refractivity contribution in [3.8, 4) is 5.75 Å². The molecule has 0 spiro atoms. The molecule has 0 bridgehead atoms. The maximum atomic E-state index is 12.1. The van der Waals surface area contributed by atoms with Gasteiger partial charge in [-0.15, -0.1) is 0 Å². The van der Waals surface area contributed by atoms with E-state index in [4.69, 9.17) is 4.74 Å². The molecule has 124 valence electrons. The van der Waals surface area contributed by atoms with Crippen LogP contribution in [0.1, 0.15) is 83.3 Å². The number of para-hydroxylation sites is 1. The van der Waals surface area contributed by atoms with E-state index in [1.807, 2.05) is 18.2 Å². The third-order valence-corrected chi connectivity index (χ3v) is 3.81. The first-order valence-corrected chi connectivity index (χ1v) is 8.55. The molecule has 0 fully saturated rings. The standard InChI is InChI=1S/C19H31NO2/c1-6-7-8-9-13-20-19(21)22-18-16(14(2)3)11-10-12-17(18)15(4)5/h10-12,14-15H,6-9,13H2,1-5H3,(H,20,21). The highest BCUT2D eigenvalue weighted by atomic mass is 16.6. The predicted octanol–water partition coefficient (Wildman–Crippen LogP) is 5.60. The Kier molecular flexibility index (Phi) is 8.00. The average Bonchev–Trinajstić information content (AvgIpc) is 2.46. The van der Waals surface area contributed by atoms with E-state index in [9.17, 15) is 4.79 Å². The molecule has 3 heteroatoms. The summed E-state index contributed by atoms with van der Waals surface area (Å²) in [7, 11) is 0. The van der Waals surface area contributed by atoms with Crippen LogP contribution in [0.15, 0.2) is 18.2 Å². The van der Waals surface area contributed by atoms with Crippen LogP contribution in [0, 0.1) is 0 Å². The van der Waals surface area contributed by atoms with Gasteiger partial charge in [-0.25, -0.2) is 4.79 Å². The van der Waals surface area contributed by atoms with Gasteiger partial charge in [-0.3, -0.25) is 0 Å². The fourth-order valence-corrected chi connectivity index (χ4v) is 2.47. The average molecular weight is 305 g/mol. The van der Waals surface area contributed by atoms with Crippen LogP contribution in [0.4, 0.5) is 4.79 Å². The Morgan fingerprint density at radius 1 is 1.05 bits per heavy atom. The number of benzene rings is 1. The maximum Gasteiger partial charge on any atom is 0.412 e. The molecule has 0 aliphatic rings. The van der Waals surface area contributed by atoms with E-state index in [1.165, 1.54) is 12.8 Å². The molecule has 0 unspecified atom stereocenters. The van der Waals surface area contributed by atoms with Crippen LogP contribution in [-0.4, -0.2) is 12.6 Å². The summed E-state index contributed by atoms with van der Waals surface area (Å²) in [6, 6.07) is 6.13. The third-order valence-electron chi connectivity index (χ3n) is 3.81. The molecule has 0 saturated carbocycles. The molecule has 1 aromatic carbocycles. The first-order valence-electron chi connectivity index (χ1n) is 8.55. The van der Waals surface area contributed by atoms with Crippen molar-refractivity contribution < 1.29 is 9.53 Å². The van der Waals surface area contributed by atoms with E-state index in [-0.39, 0.29) is 6.09 Å². The van der Waals surface area contributed by atoms with Gasteiger partial charge in [-0.1, -0.05) is 72.1 Å². The number of carbonyl (C=O) groups is 1. The normalized spacial score (nSPS) is 11.0. The van der Waals surface area contributed by atoms with Crippen molar-refractivity contribution in [1.82, 2.24) is 5.32 Å². The van der Waals surface area contributed by atoms with Gasteiger partial charge in [0.25, 0.3) is 0 Å². The number of ether oxygens (including phenoxy) is 1. The van der Waals surface area contributed by atoms with E-state index in [0.717, 1.165) is 29.7 Å². The molecular weight excluding hydrogens is 274 g/mol. The Bertz CT molecular complexity index is 440. The molecule has 0 atom stereocenters. The molecule has 0 aromatic heterocycles. The Hall–Kier alpha value is -1.51. The van der Waals surface area contributed by atoms with Crippen molar-refractivity contribution in [1.29, 1.82) is 0 Å². The molecule has 3 nitrogen and oxygen atoms in total. The number of carbonyl (C=O) groups excluding carboxylic acids is 1. The van der Waals surface area contributed by atoms with Gasteiger partial charge in [0.1, 0.15) is 5.75 Å². The number of amides is 1. The van der Waals surface area contributed by atoms with Crippen molar-refractivity contribution in [2.45, 2.75) is 72.1 Å². The number of hydrogen-bond donors (Lipinski definition) is 1. The van der Waals surface area contributed by atoms with Crippen LogP contribution < -0.4 is 10.1 Å². The summed E-state index contributed by atoms with van der Waals surface area (Å²) in [4.78, 5) is 12.1. The molecule has 1 aromatic rings. The fraction of sp³-hybridized carbons (Fsp3) is 0.632. The SMILES string of the molecule is CCCCCCNC(=O)Oc1c(C(C)C)cccc1C(C)C. The number of hydrogen-bond acceptors (Lipinski definition) is 2. The highest BCUT2D eigenvalue weighted by Gasteiger charge is 2.17. The minimum absolute atomic E-state index is 0.325. The highest BCUT2D eigenvalue weighted by molar-refractivity contribution is 5.71. The lowest BCUT2D eigenvalue weighted by Crippen LogP contribution is -2.28. The van der Waals surface area contributed by atoms with Crippen molar-refractivity contribution in [3.05, 3.63) is 29.3 Å². The van der Waals surface area contributed by atoms with Crippen LogP contribution in [-0.2, 0) is 0 Å². The Labute approximate surface area is 135 Å². The third kappa shape index (κ3) is 5.70. The Morgan fingerprint density at radius 3 is 2.14 bits per heavy atom. The second kappa shape index (κ2) is 9.50. The van der Waals surface area contributed by atoms with Gasteiger partial charge in [-0.05, 0) is 29.4 Å². The summed E-state index contributed by atoms with van der Waals surface area (Å²) >= 11 is 0. The molecule has 1 N–H and O–H groups in total. The first kappa shape index (κ1) is 18.5. The number of unbranched alkanes of at least 4 members (excludes halogenated alkanes) is 3. The van der Waals surface area contributed by atoms with Gasteiger partial charge < -0.3 is 10.1 Å². The molecule has 1 amide bonds. The van der Waals surface area contributed by atoms with Crippen LogP contribution in [0.2, 0.25) is 0 Å². The second-order valence-corrected chi connectivity index (χ2v) is 6.45. The van der Waals surface area contributed by atoms with E-state index in [2.05, 4.69) is 39.9 Å². The van der Waals surface area contributed by atoms with Gasteiger partial charge in [-0.2, -0.15) is 0 Å². The fourth-order valence-electron chi connectivity index (χ4n) is 2.47. The van der Waals surface area contributed by atoms with Gasteiger partial charge >= 0.3 is 6.09 Å². The van der Waals surface area contributed by atoms with Crippen molar-refractivity contribution in [2.75, 3.05) is 6.54 Å². The Balaban J connectivity index is 2.72. The lowest BCUT2D eigenvalue weighted by molar-refractivity contribution is 0.199. The molecule has 0 heterocycles. The lowest BCUT2D eigenvalue weighted by Gasteiger charge is -2.19. The monoisotopic (exact) mass is 305 g/mol. The van der Waals surface area contributed by atoms with Gasteiger partial charge in [0.15, 0.2) is 0 Å². The summed E-state index contributed by atoms with van der Waals surface area (Å²) in [5, 5.41) is 2.86. The first-order chi connectivity index (χ1) is 10.5. The summed E-state index contributed by atoms with van der Waals surface area (Å²) in [6.07, 6.45) is 4.23. The quantitative estimate of drug-likeness (QED) is 0.635. The van der Waals surface area contributed by atoms with Crippen LogP contribution >= 0.6 is 0 Å². The van der Waals surface area contributed by atoms with E-state index < -0.39 is 0 Å². The summed E-state index contributed by atoms with van der Waals surface area (Å²) in [5.74, 6) is 1.38. The van der Waals surface area contributed by atoms with Crippen LogP contribution in [0.5, 0.6) is 5.75 Å². The molecule has 0 radical (unpaired) electrons. The van der Waals surface area contributed by atoms with Gasteiger partial charge in [0.2, 0.25) is 0 Å². The van der Waals surface area contributed by atoms with Crippen LogP contribution in [0.25, 0.3) is 0 Å². The summed E-state index contributed by atoms with van der Waals surface area (Å²) < 4.78 is 5.66. The zero-order chi connectivity index (χ0) is 16.5. The zero-order valence-corrected chi connectivity index (χ0v) is 14.7. The number of rotatable bonds is 8. The topological polar surface area (TPSA) is 38.3 Å². The Morgan fingerprint density at radius 2 is 1.64 bits per heavy atom. The predicted molar refractivity (Wildman–Crippen MR) is 92.8 cm³/mol. The van der Waals surface area contributed by atoms with Crippen molar-refractivity contribution in [2.24, 2.45) is 0 Å². The van der Waals surface area contributed by atoms with E-state index in [0.29, 0.717) is 18.4 Å². The van der Waals surface area contributed by atoms with Crippen molar-refractivity contribution in [3.63, 3.8) is 0 Å². The van der Waals surface area contributed by atoms with Crippen molar-refractivity contribution >= 4 is 6.09 Å². The van der Waals surface area contributed by atoms with Gasteiger partial charge in [0.05, 0.1) is 0 Å². The summed E-state index contributed by atoms with van der Waals surface area (Å²) in [5.41, 5.74) is 2.18. The maximum absolute atomic E-state index is 12.1. The van der Waals surface area contributed by atoms with Gasteiger partial charge in [0, 0.05) is 6.54 Å². The summed E-state index contributed by atoms with van der Waals surface area (Å²) in [6.45, 7) is 11.3. The second-order valence-electron chi connectivity index (χ2n) is 6.45. The smallest absolute Gasteiger partial charge is 0.410 e. The van der Waals surface area contributed by atoms with Crippen LogP contribution in [0.3, 0.4) is 0 Å². The van der Waals surface area contributed by atoms with E-state index >= 15 is 0 Å². The highest BCUT2D eigenvalue weighted by Crippen LogP contribution is 2.34. The minimum Gasteiger partial charge on any atom is -0.410 e. The molecule has 22 heavy (non-hydrogen) atoms.